The predicted molar refractivity (Wildman–Crippen MR) is 63.1 cm³/mol. The van der Waals surface area contributed by atoms with Crippen LogP contribution in [0.1, 0.15) is 18.4 Å². The Bertz CT molecular complexity index is 372. The zero-order chi connectivity index (χ0) is 10.8. The second-order valence-electron chi connectivity index (χ2n) is 4.44. The Kier molecular flexibility index (Phi) is 2.70. The highest BCUT2D eigenvalue weighted by molar-refractivity contribution is 5.58. The number of rotatable bonds is 3. The van der Waals surface area contributed by atoms with Crippen molar-refractivity contribution < 1.29 is 9.47 Å². The van der Waals surface area contributed by atoms with Crippen molar-refractivity contribution in [3.05, 3.63) is 23.8 Å². The summed E-state index contributed by atoms with van der Waals surface area (Å²) in [6.45, 7) is 2.61. The van der Waals surface area contributed by atoms with E-state index in [2.05, 4.69) is 23.5 Å². The van der Waals surface area contributed by atoms with Gasteiger partial charge in [0.1, 0.15) is 12.4 Å². The van der Waals surface area contributed by atoms with Crippen LogP contribution in [0, 0.1) is 0 Å². The maximum atomic E-state index is 5.75. The van der Waals surface area contributed by atoms with Crippen molar-refractivity contribution >= 4 is 5.69 Å². The molecular weight excluding hydrogens is 202 g/mol. The van der Waals surface area contributed by atoms with Gasteiger partial charge in [-0.1, -0.05) is 6.07 Å². The van der Waals surface area contributed by atoms with E-state index in [9.17, 15) is 0 Å². The summed E-state index contributed by atoms with van der Waals surface area (Å²) >= 11 is 0. The van der Waals surface area contributed by atoms with Gasteiger partial charge in [-0.15, -0.1) is 0 Å². The van der Waals surface area contributed by atoms with Crippen LogP contribution in [-0.4, -0.2) is 25.9 Å². The third-order valence-electron chi connectivity index (χ3n) is 3.25. The van der Waals surface area contributed by atoms with Crippen LogP contribution < -0.4 is 10.1 Å². The van der Waals surface area contributed by atoms with Crippen LogP contribution >= 0.6 is 0 Å². The van der Waals surface area contributed by atoms with Gasteiger partial charge in [0, 0.05) is 24.9 Å². The Morgan fingerprint density at radius 2 is 2.44 bits per heavy atom. The van der Waals surface area contributed by atoms with Gasteiger partial charge in [0.05, 0.1) is 6.10 Å². The van der Waals surface area contributed by atoms with Crippen molar-refractivity contribution in [3.63, 3.8) is 0 Å². The molecule has 2 aliphatic heterocycles. The molecule has 16 heavy (non-hydrogen) atoms. The van der Waals surface area contributed by atoms with Crippen molar-refractivity contribution in [1.82, 2.24) is 0 Å². The number of hydrogen-bond donors (Lipinski definition) is 1. The molecular formula is C13H17NO2. The van der Waals surface area contributed by atoms with Crippen LogP contribution in [0.4, 0.5) is 5.69 Å². The van der Waals surface area contributed by atoms with Gasteiger partial charge in [0.25, 0.3) is 0 Å². The number of hydrogen-bond acceptors (Lipinski definition) is 3. The largest absolute Gasteiger partial charge is 0.491 e. The summed E-state index contributed by atoms with van der Waals surface area (Å²) in [5.74, 6) is 0.948. The minimum absolute atomic E-state index is 0.293. The number of fused-ring (bicyclic) bond motifs is 1. The van der Waals surface area contributed by atoms with E-state index in [1.807, 2.05) is 0 Å². The number of ether oxygens (including phenoxy) is 2. The molecule has 0 radical (unpaired) electrons. The molecule has 3 rings (SSSR count). The van der Waals surface area contributed by atoms with Gasteiger partial charge < -0.3 is 14.8 Å². The molecule has 1 atom stereocenters. The fraction of sp³-hybridized carbons (Fsp3) is 0.538. The molecule has 1 aromatic carbocycles. The Balaban J connectivity index is 1.61. The second-order valence-corrected chi connectivity index (χ2v) is 4.44. The zero-order valence-corrected chi connectivity index (χ0v) is 9.37. The van der Waals surface area contributed by atoms with Crippen LogP contribution in [0.3, 0.4) is 0 Å². The van der Waals surface area contributed by atoms with Crippen molar-refractivity contribution in [2.45, 2.75) is 25.4 Å². The van der Waals surface area contributed by atoms with Crippen LogP contribution in [0.5, 0.6) is 5.75 Å². The molecule has 86 valence electrons. The minimum Gasteiger partial charge on any atom is -0.491 e. The molecule has 0 spiro atoms. The Morgan fingerprint density at radius 3 is 3.31 bits per heavy atom. The first-order valence-corrected chi connectivity index (χ1v) is 6.03. The SMILES string of the molecule is c1cc2c(cc1OCC1CCCO1)NCC2. The molecule has 3 heteroatoms. The average Bonchev–Trinajstić information content (AvgIpc) is 2.97. The molecule has 0 amide bonds. The monoisotopic (exact) mass is 219 g/mol. The Hall–Kier alpha value is -1.22. The topological polar surface area (TPSA) is 30.5 Å². The highest BCUT2D eigenvalue weighted by Gasteiger charge is 2.16. The molecule has 1 unspecified atom stereocenters. The standard InChI is InChI=1S/C13H17NO2/c1-2-12(15-7-1)9-16-11-4-3-10-5-6-14-13(10)8-11/h3-4,8,12,14H,1-2,5-7,9H2. The molecule has 1 fully saturated rings. The highest BCUT2D eigenvalue weighted by atomic mass is 16.5. The molecule has 2 aliphatic rings. The summed E-state index contributed by atoms with van der Waals surface area (Å²) in [4.78, 5) is 0. The molecule has 1 aromatic rings. The van der Waals surface area contributed by atoms with E-state index in [0.717, 1.165) is 31.7 Å². The second kappa shape index (κ2) is 4.34. The lowest BCUT2D eigenvalue weighted by molar-refractivity contribution is 0.0680. The van der Waals surface area contributed by atoms with Crippen molar-refractivity contribution in [3.8, 4) is 5.75 Å². The van der Waals surface area contributed by atoms with E-state index < -0.39 is 0 Å². The summed E-state index contributed by atoms with van der Waals surface area (Å²) in [6, 6.07) is 6.30. The summed E-state index contributed by atoms with van der Waals surface area (Å²) in [6.07, 6.45) is 3.71. The molecule has 0 bridgehead atoms. The zero-order valence-electron chi connectivity index (χ0n) is 9.37. The number of benzene rings is 1. The van der Waals surface area contributed by atoms with Gasteiger partial charge in [0.15, 0.2) is 0 Å². The van der Waals surface area contributed by atoms with Crippen LogP contribution in [0.2, 0.25) is 0 Å². The lowest BCUT2D eigenvalue weighted by Crippen LogP contribution is -2.16. The maximum Gasteiger partial charge on any atom is 0.121 e. The summed E-state index contributed by atoms with van der Waals surface area (Å²) in [7, 11) is 0. The van der Waals surface area contributed by atoms with Crippen LogP contribution in [0.15, 0.2) is 18.2 Å². The third-order valence-corrected chi connectivity index (χ3v) is 3.25. The smallest absolute Gasteiger partial charge is 0.121 e. The number of anilines is 1. The molecule has 1 N–H and O–H groups in total. The first-order chi connectivity index (χ1) is 7.92. The number of nitrogens with one attached hydrogen (secondary N) is 1. The van der Waals surface area contributed by atoms with Gasteiger partial charge >= 0.3 is 0 Å². The highest BCUT2D eigenvalue weighted by Crippen LogP contribution is 2.27. The summed E-state index contributed by atoms with van der Waals surface area (Å²) in [5, 5.41) is 3.36. The van der Waals surface area contributed by atoms with E-state index >= 15 is 0 Å². The summed E-state index contributed by atoms with van der Waals surface area (Å²) in [5.41, 5.74) is 2.62. The van der Waals surface area contributed by atoms with Gasteiger partial charge in [-0.25, -0.2) is 0 Å². The molecule has 0 aliphatic carbocycles. The van der Waals surface area contributed by atoms with E-state index in [1.165, 1.54) is 17.7 Å². The van der Waals surface area contributed by atoms with Crippen LogP contribution in [0.25, 0.3) is 0 Å². The van der Waals surface area contributed by atoms with Gasteiger partial charge in [-0.05, 0) is 30.9 Å². The van der Waals surface area contributed by atoms with Gasteiger partial charge in [0.2, 0.25) is 0 Å². The molecule has 1 saturated heterocycles. The lowest BCUT2D eigenvalue weighted by Gasteiger charge is -2.12. The lowest BCUT2D eigenvalue weighted by atomic mass is 10.1. The van der Waals surface area contributed by atoms with Gasteiger partial charge in [-0.3, -0.25) is 0 Å². The Labute approximate surface area is 95.8 Å². The van der Waals surface area contributed by atoms with Crippen LogP contribution in [-0.2, 0) is 11.2 Å². The van der Waals surface area contributed by atoms with E-state index in [1.54, 1.807) is 0 Å². The minimum atomic E-state index is 0.293. The fourth-order valence-corrected chi connectivity index (χ4v) is 2.32. The van der Waals surface area contributed by atoms with E-state index in [-0.39, 0.29) is 0 Å². The molecule has 0 saturated carbocycles. The quantitative estimate of drug-likeness (QED) is 0.845. The first-order valence-electron chi connectivity index (χ1n) is 6.03. The van der Waals surface area contributed by atoms with E-state index in [0.29, 0.717) is 12.7 Å². The average molecular weight is 219 g/mol. The van der Waals surface area contributed by atoms with E-state index in [4.69, 9.17) is 9.47 Å². The Morgan fingerprint density at radius 1 is 1.44 bits per heavy atom. The molecule has 0 aromatic heterocycles. The van der Waals surface area contributed by atoms with Crippen molar-refractivity contribution in [1.29, 1.82) is 0 Å². The predicted octanol–water partition coefficient (Wildman–Crippen LogP) is 2.21. The molecule has 3 nitrogen and oxygen atoms in total. The summed E-state index contributed by atoms with van der Waals surface area (Å²) < 4.78 is 11.3. The van der Waals surface area contributed by atoms with Crippen molar-refractivity contribution in [2.24, 2.45) is 0 Å². The first kappa shape index (κ1) is 9.97. The fourth-order valence-electron chi connectivity index (χ4n) is 2.32. The van der Waals surface area contributed by atoms with Gasteiger partial charge in [-0.2, -0.15) is 0 Å². The third kappa shape index (κ3) is 2.00. The molecule has 2 heterocycles. The normalized spacial score (nSPS) is 22.9. The maximum absolute atomic E-state index is 5.75. The van der Waals surface area contributed by atoms with Crippen molar-refractivity contribution in [2.75, 3.05) is 25.1 Å².